The van der Waals surface area contributed by atoms with E-state index in [0.717, 1.165) is 11.3 Å². The highest BCUT2D eigenvalue weighted by atomic mass is 35.5. The van der Waals surface area contributed by atoms with Gasteiger partial charge in [-0.25, -0.2) is 14.2 Å². The van der Waals surface area contributed by atoms with Crippen LogP contribution in [-0.2, 0) is 9.53 Å². The molecule has 9 heteroatoms. The summed E-state index contributed by atoms with van der Waals surface area (Å²) in [7, 11) is 0. The molecule has 1 unspecified atom stereocenters. The molecule has 0 amide bonds. The molecule has 0 spiro atoms. The van der Waals surface area contributed by atoms with E-state index in [0.29, 0.717) is 28.4 Å². The van der Waals surface area contributed by atoms with Gasteiger partial charge in [-0.15, -0.1) is 0 Å². The first-order valence-corrected chi connectivity index (χ1v) is 12.3. The summed E-state index contributed by atoms with van der Waals surface area (Å²) in [5.74, 6) is -0.416. The zero-order chi connectivity index (χ0) is 25.3. The summed E-state index contributed by atoms with van der Waals surface area (Å²) in [6.45, 7) is 7.63. The van der Waals surface area contributed by atoms with Crippen molar-refractivity contribution in [2.24, 2.45) is 4.99 Å². The number of nitrogens with zero attached hydrogens (tertiary/aromatic N) is 2. The molecule has 0 N–H and O–H groups in total. The van der Waals surface area contributed by atoms with Crippen LogP contribution in [0, 0.1) is 5.82 Å². The van der Waals surface area contributed by atoms with Crippen molar-refractivity contribution in [2.75, 3.05) is 6.61 Å². The smallest absolute Gasteiger partial charge is 0.338 e. The molecule has 0 aliphatic carbocycles. The highest BCUT2D eigenvalue weighted by Crippen LogP contribution is 2.32. The van der Waals surface area contributed by atoms with Crippen molar-refractivity contribution >= 4 is 35.0 Å². The average Bonchev–Trinajstić information content (AvgIpc) is 3.10. The third kappa shape index (κ3) is 4.94. The third-order valence-corrected chi connectivity index (χ3v) is 6.68. The van der Waals surface area contributed by atoms with Crippen LogP contribution in [0.4, 0.5) is 4.39 Å². The number of thiazole rings is 1. The molecule has 0 fully saturated rings. The van der Waals surface area contributed by atoms with E-state index in [1.807, 2.05) is 19.1 Å². The molecular formula is C26H24ClFN2O4S. The quantitative estimate of drug-likeness (QED) is 0.458. The standard InChI is InChI=1S/C26H24ClFN2O4S/c1-5-33-17-11-9-16(10-12-17)23-22(25(32)34-14(2)3)15(4)29-26-30(23)24(31)21(35-26)13-18-19(27)7-6-8-20(18)28/h6-14,23H,5H2,1-4H3/b21-13-. The highest BCUT2D eigenvalue weighted by Gasteiger charge is 2.33. The van der Waals surface area contributed by atoms with Crippen molar-refractivity contribution in [1.29, 1.82) is 0 Å². The first-order valence-electron chi connectivity index (χ1n) is 11.1. The summed E-state index contributed by atoms with van der Waals surface area (Å²) in [4.78, 5) is 31.7. The lowest BCUT2D eigenvalue weighted by molar-refractivity contribution is -0.143. The number of aromatic nitrogens is 1. The van der Waals surface area contributed by atoms with Crippen LogP contribution >= 0.6 is 22.9 Å². The Morgan fingerprint density at radius 3 is 2.60 bits per heavy atom. The highest BCUT2D eigenvalue weighted by molar-refractivity contribution is 7.07. The monoisotopic (exact) mass is 514 g/mol. The predicted molar refractivity (Wildman–Crippen MR) is 134 cm³/mol. The maximum Gasteiger partial charge on any atom is 0.338 e. The van der Waals surface area contributed by atoms with E-state index < -0.39 is 23.4 Å². The van der Waals surface area contributed by atoms with Crippen LogP contribution in [0.5, 0.6) is 5.75 Å². The minimum atomic E-state index is -0.772. The van der Waals surface area contributed by atoms with E-state index in [4.69, 9.17) is 21.1 Å². The van der Waals surface area contributed by atoms with Gasteiger partial charge in [0.15, 0.2) is 4.80 Å². The average molecular weight is 515 g/mol. The van der Waals surface area contributed by atoms with Gasteiger partial charge < -0.3 is 9.47 Å². The van der Waals surface area contributed by atoms with Crippen LogP contribution in [0.25, 0.3) is 6.08 Å². The number of halogens is 2. The minimum absolute atomic E-state index is 0.118. The molecule has 1 aromatic heterocycles. The van der Waals surface area contributed by atoms with Gasteiger partial charge in [0.1, 0.15) is 11.6 Å². The second-order valence-electron chi connectivity index (χ2n) is 8.17. The van der Waals surface area contributed by atoms with E-state index in [2.05, 4.69) is 4.99 Å². The molecule has 0 bridgehead atoms. The Bertz CT molecular complexity index is 1470. The fraction of sp³-hybridized carbons (Fsp3) is 0.269. The SMILES string of the molecule is CCOc1ccc(C2C(C(=O)OC(C)C)=C(C)N=c3s/c(=C\c4c(F)cccc4Cl)c(=O)n32)cc1. The van der Waals surface area contributed by atoms with Crippen molar-refractivity contribution in [2.45, 2.75) is 39.8 Å². The summed E-state index contributed by atoms with van der Waals surface area (Å²) < 4.78 is 27.2. The van der Waals surface area contributed by atoms with Crippen molar-refractivity contribution in [1.82, 2.24) is 4.57 Å². The number of ether oxygens (including phenoxy) is 2. The summed E-state index contributed by atoms with van der Waals surface area (Å²) in [6, 6.07) is 10.7. The molecule has 182 valence electrons. The number of esters is 1. The van der Waals surface area contributed by atoms with Crippen LogP contribution in [0.15, 0.2) is 63.5 Å². The lowest BCUT2D eigenvalue weighted by Gasteiger charge is -2.25. The van der Waals surface area contributed by atoms with Crippen molar-refractivity contribution in [3.8, 4) is 5.75 Å². The van der Waals surface area contributed by atoms with Crippen molar-refractivity contribution in [3.05, 3.63) is 95.4 Å². The van der Waals surface area contributed by atoms with E-state index in [-0.39, 0.29) is 26.8 Å². The lowest BCUT2D eigenvalue weighted by Crippen LogP contribution is -2.40. The van der Waals surface area contributed by atoms with E-state index in [1.165, 1.54) is 22.8 Å². The van der Waals surface area contributed by atoms with E-state index >= 15 is 0 Å². The van der Waals surface area contributed by atoms with Gasteiger partial charge in [0.2, 0.25) is 0 Å². The minimum Gasteiger partial charge on any atom is -0.494 e. The Hall–Kier alpha value is -3.23. The molecule has 0 saturated heterocycles. The van der Waals surface area contributed by atoms with Crippen molar-refractivity contribution in [3.63, 3.8) is 0 Å². The summed E-state index contributed by atoms with van der Waals surface area (Å²) in [5.41, 5.74) is 1.12. The molecule has 2 aromatic carbocycles. The van der Waals surface area contributed by atoms with Gasteiger partial charge in [-0.05, 0) is 63.6 Å². The second kappa shape index (κ2) is 10.2. The molecule has 1 aliphatic rings. The Balaban J connectivity index is 1.94. The Morgan fingerprint density at radius 1 is 1.26 bits per heavy atom. The number of allylic oxidation sites excluding steroid dienone is 1. The molecular weight excluding hydrogens is 491 g/mol. The lowest BCUT2D eigenvalue weighted by atomic mass is 9.96. The Labute approximate surface area is 210 Å². The second-order valence-corrected chi connectivity index (χ2v) is 9.59. The maximum absolute atomic E-state index is 14.4. The molecule has 6 nitrogen and oxygen atoms in total. The normalized spacial score (nSPS) is 15.7. The van der Waals surface area contributed by atoms with Crippen LogP contribution in [0.2, 0.25) is 5.02 Å². The topological polar surface area (TPSA) is 69.9 Å². The van der Waals surface area contributed by atoms with Gasteiger partial charge in [0.25, 0.3) is 5.56 Å². The predicted octanol–water partition coefficient (Wildman–Crippen LogP) is 4.38. The molecule has 1 aliphatic heterocycles. The number of benzene rings is 2. The Kier molecular flexibility index (Phi) is 7.23. The van der Waals surface area contributed by atoms with Gasteiger partial charge in [-0.2, -0.15) is 0 Å². The van der Waals surface area contributed by atoms with Crippen LogP contribution < -0.4 is 19.6 Å². The van der Waals surface area contributed by atoms with Crippen molar-refractivity contribution < 1.29 is 18.7 Å². The van der Waals surface area contributed by atoms with Crippen LogP contribution in [0.1, 0.15) is 44.9 Å². The van der Waals surface area contributed by atoms with Gasteiger partial charge >= 0.3 is 5.97 Å². The molecule has 2 heterocycles. The van der Waals surface area contributed by atoms with E-state index in [9.17, 15) is 14.0 Å². The number of carbonyl (C=O) groups is 1. The zero-order valence-corrected chi connectivity index (χ0v) is 21.2. The van der Waals surface area contributed by atoms with Crippen LogP contribution in [-0.4, -0.2) is 23.2 Å². The van der Waals surface area contributed by atoms with E-state index in [1.54, 1.807) is 39.0 Å². The number of fused-ring (bicyclic) bond motifs is 1. The molecule has 4 rings (SSSR count). The number of rotatable bonds is 6. The number of hydrogen-bond donors (Lipinski definition) is 0. The summed E-state index contributed by atoms with van der Waals surface area (Å²) >= 11 is 7.29. The molecule has 0 saturated carbocycles. The van der Waals surface area contributed by atoms with Gasteiger partial charge in [0.05, 0.1) is 39.6 Å². The number of hydrogen-bond acceptors (Lipinski definition) is 6. The third-order valence-electron chi connectivity index (χ3n) is 5.37. The largest absolute Gasteiger partial charge is 0.494 e. The first-order chi connectivity index (χ1) is 16.7. The number of carbonyl (C=O) groups excluding carboxylic acids is 1. The molecule has 3 aromatic rings. The molecule has 35 heavy (non-hydrogen) atoms. The maximum atomic E-state index is 14.4. The van der Waals surface area contributed by atoms with Gasteiger partial charge in [-0.3, -0.25) is 9.36 Å². The zero-order valence-electron chi connectivity index (χ0n) is 19.7. The Morgan fingerprint density at radius 2 is 1.97 bits per heavy atom. The van der Waals surface area contributed by atoms with Crippen LogP contribution in [0.3, 0.4) is 0 Å². The summed E-state index contributed by atoms with van der Waals surface area (Å²) in [6.07, 6.45) is 1.07. The fourth-order valence-electron chi connectivity index (χ4n) is 3.87. The fourth-order valence-corrected chi connectivity index (χ4v) is 5.11. The molecule has 0 radical (unpaired) electrons. The molecule has 1 atom stereocenters. The van der Waals surface area contributed by atoms with Gasteiger partial charge in [0, 0.05) is 5.56 Å². The van der Waals surface area contributed by atoms with Gasteiger partial charge in [-0.1, -0.05) is 41.1 Å². The first kappa shape index (κ1) is 24.9. The summed E-state index contributed by atoms with van der Waals surface area (Å²) in [5, 5.41) is 0.191.